The van der Waals surface area contributed by atoms with E-state index in [-0.39, 0.29) is 40.7 Å². The van der Waals surface area contributed by atoms with Crippen molar-refractivity contribution < 1.29 is 20.1 Å². The van der Waals surface area contributed by atoms with E-state index < -0.39 is 5.75 Å². The molecule has 0 aliphatic rings. The van der Waals surface area contributed by atoms with Crippen LogP contribution in [-0.2, 0) is 6.42 Å². The van der Waals surface area contributed by atoms with Crippen molar-refractivity contribution in [2.75, 3.05) is 0 Å². The first-order valence-electron chi connectivity index (χ1n) is 6.76. The molecular weight excluding hydrogens is 268 g/mol. The van der Waals surface area contributed by atoms with E-state index in [1.54, 1.807) is 13.8 Å². The van der Waals surface area contributed by atoms with Crippen molar-refractivity contribution in [3.8, 4) is 17.2 Å². The van der Waals surface area contributed by atoms with Crippen LogP contribution in [0.25, 0.3) is 0 Å². The van der Waals surface area contributed by atoms with E-state index in [1.807, 2.05) is 30.3 Å². The number of carbonyl (C=O) groups is 1. The van der Waals surface area contributed by atoms with Gasteiger partial charge in [0.15, 0.2) is 5.78 Å². The van der Waals surface area contributed by atoms with E-state index in [0.29, 0.717) is 0 Å². The zero-order valence-corrected chi connectivity index (χ0v) is 12.0. The summed E-state index contributed by atoms with van der Waals surface area (Å²) in [6.07, 6.45) is 0.275. The Balaban J connectivity index is 2.52. The van der Waals surface area contributed by atoms with Crippen LogP contribution in [-0.4, -0.2) is 21.1 Å². The Labute approximate surface area is 123 Å². The standard InChI is InChI=1S/C17H18O4/c1-10(2)16(20)15-14(19)9-13(18)12(17(15)21)8-11-6-4-3-5-7-11/h3-7,9-10,18-19,21H,8H2,1-2H3. The molecule has 0 fully saturated rings. The molecule has 2 rings (SSSR count). The van der Waals surface area contributed by atoms with E-state index in [1.165, 1.54) is 0 Å². The number of rotatable bonds is 4. The average Bonchev–Trinajstić information content (AvgIpc) is 2.44. The summed E-state index contributed by atoms with van der Waals surface area (Å²) in [5.41, 5.74) is 0.994. The molecule has 2 aromatic rings. The Kier molecular flexibility index (Phi) is 4.17. The van der Waals surface area contributed by atoms with Crippen LogP contribution >= 0.6 is 0 Å². The van der Waals surface area contributed by atoms with Gasteiger partial charge in [0.05, 0.1) is 0 Å². The first-order chi connectivity index (χ1) is 9.91. The maximum Gasteiger partial charge on any atom is 0.172 e. The Morgan fingerprint density at radius 1 is 1.05 bits per heavy atom. The molecule has 0 aliphatic heterocycles. The minimum atomic E-state index is -0.402. The molecule has 4 nitrogen and oxygen atoms in total. The SMILES string of the molecule is CC(C)C(=O)c1c(O)cc(O)c(Cc2ccccc2)c1O. The smallest absolute Gasteiger partial charge is 0.172 e. The fourth-order valence-corrected chi connectivity index (χ4v) is 2.19. The summed E-state index contributed by atoms with van der Waals surface area (Å²) in [4.78, 5) is 12.1. The third kappa shape index (κ3) is 2.99. The summed E-state index contributed by atoms with van der Waals surface area (Å²) in [6.45, 7) is 3.37. The molecule has 0 atom stereocenters. The molecule has 0 amide bonds. The lowest BCUT2D eigenvalue weighted by Crippen LogP contribution is -2.09. The van der Waals surface area contributed by atoms with Gasteiger partial charge in [0, 0.05) is 24.0 Å². The molecule has 0 bridgehead atoms. The van der Waals surface area contributed by atoms with Crippen LogP contribution in [0, 0.1) is 5.92 Å². The van der Waals surface area contributed by atoms with Gasteiger partial charge in [-0.15, -0.1) is 0 Å². The van der Waals surface area contributed by atoms with E-state index in [4.69, 9.17) is 0 Å². The quantitative estimate of drug-likeness (QED) is 0.754. The number of aromatic hydroxyl groups is 3. The molecule has 0 saturated carbocycles. The Morgan fingerprint density at radius 3 is 2.24 bits per heavy atom. The van der Waals surface area contributed by atoms with Crippen molar-refractivity contribution in [1.82, 2.24) is 0 Å². The van der Waals surface area contributed by atoms with Gasteiger partial charge in [0.1, 0.15) is 22.8 Å². The Bertz CT molecular complexity index is 660. The third-order valence-corrected chi connectivity index (χ3v) is 3.36. The van der Waals surface area contributed by atoms with E-state index in [0.717, 1.165) is 11.6 Å². The Morgan fingerprint density at radius 2 is 1.67 bits per heavy atom. The molecule has 0 heterocycles. The lowest BCUT2D eigenvalue weighted by molar-refractivity contribution is 0.0933. The number of phenolic OH excluding ortho intramolecular Hbond substituents is 3. The number of carbonyl (C=O) groups excluding carboxylic acids is 1. The second-order valence-electron chi connectivity index (χ2n) is 5.30. The van der Waals surface area contributed by atoms with Crippen molar-refractivity contribution >= 4 is 5.78 Å². The van der Waals surface area contributed by atoms with E-state index in [9.17, 15) is 20.1 Å². The first kappa shape index (κ1) is 14.9. The third-order valence-electron chi connectivity index (χ3n) is 3.36. The maximum absolute atomic E-state index is 12.1. The molecule has 0 aliphatic carbocycles. The number of Topliss-reactive ketones (excluding diaryl/α,β-unsaturated/α-hetero) is 1. The molecule has 110 valence electrons. The highest BCUT2D eigenvalue weighted by Gasteiger charge is 2.24. The average molecular weight is 286 g/mol. The van der Waals surface area contributed by atoms with Gasteiger partial charge in [0.2, 0.25) is 0 Å². The van der Waals surface area contributed by atoms with E-state index >= 15 is 0 Å². The van der Waals surface area contributed by atoms with Crippen LogP contribution in [0.4, 0.5) is 0 Å². The van der Waals surface area contributed by atoms with Crippen LogP contribution in [0.15, 0.2) is 36.4 Å². The number of phenols is 3. The predicted octanol–water partition coefficient (Wildman–Crippen LogP) is 3.23. The second kappa shape index (κ2) is 5.87. The predicted molar refractivity (Wildman–Crippen MR) is 79.9 cm³/mol. The number of benzene rings is 2. The fourth-order valence-electron chi connectivity index (χ4n) is 2.19. The topological polar surface area (TPSA) is 77.8 Å². The largest absolute Gasteiger partial charge is 0.507 e. The van der Waals surface area contributed by atoms with Crippen molar-refractivity contribution in [2.24, 2.45) is 5.92 Å². The van der Waals surface area contributed by atoms with Crippen molar-refractivity contribution in [2.45, 2.75) is 20.3 Å². The highest BCUT2D eigenvalue weighted by atomic mass is 16.3. The van der Waals surface area contributed by atoms with Crippen LogP contribution in [0.5, 0.6) is 17.2 Å². The van der Waals surface area contributed by atoms with Gasteiger partial charge in [-0.1, -0.05) is 44.2 Å². The van der Waals surface area contributed by atoms with Gasteiger partial charge in [-0.25, -0.2) is 0 Å². The maximum atomic E-state index is 12.1. The highest BCUT2D eigenvalue weighted by molar-refractivity contribution is 6.03. The zero-order chi connectivity index (χ0) is 15.6. The molecule has 2 aromatic carbocycles. The molecule has 0 aromatic heterocycles. The van der Waals surface area contributed by atoms with Crippen LogP contribution in [0.3, 0.4) is 0 Å². The van der Waals surface area contributed by atoms with Crippen LogP contribution in [0.2, 0.25) is 0 Å². The van der Waals surface area contributed by atoms with Gasteiger partial charge in [0.25, 0.3) is 0 Å². The first-order valence-corrected chi connectivity index (χ1v) is 6.76. The van der Waals surface area contributed by atoms with Crippen molar-refractivity contribution in [1.29, 1.82) is 0 Å². The summed E-state index contributed by atoms with van der Waals surface area (Å²) < 4.78 is 0. The molecule has 3 N–H and O–H groups in total. The van der Waals surface area contributed by atoms with Gasteiger partial charge >= 0.3 is 0 Å². The summed E-state index contributed by atoms with van der Waals surface area (Å²) in [7, 11) is 0. The fraction of sp³-hybridized carbons (Fsp3) is 0.235. The lowest BCUT2D eigenvalue weighted by Gasteiger charge is -2.14. The molecule has 0 radical (unpaired) electrons. The number of hydrogen-bond acceptors (Lipinski definition) is 4. The summed E-state index contributed by atoms with van der Waals surface area (Å²) in [5, 5.41) is 30.1. The normalized spacial score (nSPS) is 10.8. The molecule has 21 heavy (non-hydrogen) atoms. The van der Waals surface area contributed by atoms with Crippen LogP contribution < -0.4 is 0 Å². The van der Waals surface area contributed by atoms with Crippen LogP contribution in [0.1, 0.15) is 35.3 Å². The van der Waals surface area contributed by atoms with Gasteiger partial charge in [-0.05, 0) is 5.56 Å². The van der Waals surface area contributed by atoms with Gasteiger partial charge in [-0.2, -0.15) is 0 Å². The zero-order valence-electron chi connectivity index (χ0n) is 12.0. The molecule has 4 heteroatoms. The molecule has 0 saturated heterocycles. The summed E-state index contributed by atoms with van der Waals surface area (Å²) in [5.74, 6) is -1.71. The van der Waals surface area contributed by atoms with Crippen molar-refractivity contribution in [3.05, 3.63) is 53.1 Å². The highest BCUT2D eigenvalue weighted by Crippen LogP contribution is 2.39. The molecule has 0 unspecified atom stereocenters. The Hall–Kier alpha value is -2.49. The van der Waals surface area contributed by atoms with Crippen molar-refractivity contribution in [3.63, 3.8) is 0 Å². The number of hydrogen-bond donors (Lipinski definition) is 3. The van der Waals surface area contributed by atoms with E-state index in [2.05, 4.69) is 0 Å². The lowest BCUT2D eigenvalue weighted by atomic mass is 9.94. The van der Waals surface area contributed by atoms with Gasteiger partial charge in [-0.3, -0.25) is 4.79 Å². The minimum absolute atomic E-state index is 0.131. The second-order valence-corrected chi connectivity index (χ2v) is 5.30. The summed E-state index contributed by atoms with van der Waals surface area (Å²) >= 11 is 0. The minimum Gasteiger partial charge on any atom is -0.507 e. The number of ketones is 1. The molecule has 0 spiro atoms. The monoisotopic (exact) mass is 286 g/mol. The summed E-state index contributed by atoms with van der Waals surface area (Å²) in [6, 6.07) is 10.4. The molecular formula is C17H18O4. The van der Waals surface area contributed by atoms with Gasteiger partial charge < -0.3 is 15.3 Å².